The van der Waals surface area contributed by atoms with Crippen LogP contribution in [0.25, 0.3) is 0 Å². The van der Waals surface area contributed by atoms with Gasteiger partial charge in [0.25, 0.3) is 0 Å². The van der Waals surface area contributed by atoms with E-state index in [0.29, 0.717) is 30.2 Å². The topological polar surface area (TPSA) is 89.6 Å². The molecule has 7 nitrogen and oxygen atoms in total. The van der Waals surface area contributed by atoms with Gasteiger partial charge in [-0.15, -0.1) is 0 Å². The van der Waals surface area contributed by atoms with Gasteiger partial charge in [0.05, 0.1) is 7.11 Å². The molecule has 1 aliphatic heterocycles. The third-order valence-corrected chi connectivity index (χ3v) is 4.12. The number of amides is 2. The van der Waals surface area contributed by atoms with Gasteiger partial charge in [-0.25, -0.2) is 4.98 Å². The van der Waals surface area contributed by atoms with Gasteiger partial charge in [-0.2, -0.15) is 0 Å². The van der Waals surface area contributed by atoms with E-state index in [1.807, 2.05) is 18.2 Å². The van der Waals surface area contributed by atoms with Crippen LogP contribution < -0.4 is 20.1 Å². The van der Waals surface area contributed by atoms with Crippen LogP contribution in [0.4, 0.5) is 0 Å². The summed E-state index contributed by atoms with van der Waals surface area (Å²) in [5.74, 6) is 1.44. The van der Waals surface area contributed by atoms with Crippen LogP contribution in [-0.4, -0.2) is 29.9 Å². The van der Waals surface area contributed by atoms with E-state index in [4.69, 9.17) is 9.47 Å². The van der Waals surface area contributed by atoms with E-state index in [1.165, 1.54) is 0 Å². The van der Waals surface area contributed by atoms with Crippen molar-refractivity contribution in [3.63, 3.8) is 0 Å². The second-order valence-corrected chi connectivity index (χ2v) is 6.00. The van der Waals surface area contributed by atoms with Crippen molar-refractivity contribution in [1.82, 2.24) is 15.6 Å². The van der Waals surface area contributed by atoms with Crippen molar-refractivity contribution in [2.24, 2.45) is 0 Å². The van der Waals surface area contributed by atoms with E-state index >= 15 is 0 Å². The third kappa shape index (κ3) is 4.50. The predicted molar refractivity (Wildman–Crippen MR) is 94.9 cm³/mol. The van der Waals surface area contributed by atoms with Crippen molar-refractivity contribution in [3.05, 3.63) is 48.2 Å². The normalized spacial score (nSPS) is 16.0. The second kappa shape index (κ2) is 8.33. The standard InChI is InChI=1S/C19H21N3O4/c1-25-15-6-2-3-7-16(15)26-19-13(5-4-10-20-19)12-21-18(24)11-14-8-9-17(23)22-14/h2-7,10,14H,8-9,11-12H2,1H3,(H,21,24)(H,22,23). The Morgan fingerprint density at radius 2 is 2.08 bits per heavy atom. The highest BCUT2D eigenvalue weighted by Gasteiger charge is 2.23. The molecular weight excluding hydrogens is 334 g/mol. The fraction of sp³-hybridized carbons (Fsp3) is 0.316. The van der Waals surface area contributed by atoms with Crippen LogP contribution in [0.1, 0.15) is 24.8 Å². The molecule has 136 valence electrons. The van der Waals surface area contributed by atoms with Gasteiger partial charge in [0, 0.05) is 37.2 Å². The fourth-order valence-electron chi connectivity index (χ4n) is 2.78. The average molecular weight is 355 g/mol. The van der Waals surface area contributed by atoms with Crippen molar-refractivity contribution < 1.29 is 19.1 Å². The molecule has 0 spiro atoms. The number of pyridine rings is 1. The Balaban J connectivity index is 1.62. The molecule has 0 bridgehead atoms. The first-order chi connectivity index (χ1) is 12.7. The van der Waals surface area contributed by atoms with Gasteiger partial charge in [-0.05, 0) is 24.6 Å². The lowest BCUT2D eigenvalue weighted by molar-refractivity contribution is -0.121. The first kappa shape index (κ1) is 17.7. The Morgan fingerprint density at radius 3 is 2.81 bits per heavy atom. The van der Waals surface area contributed by atoms with Crippen LogP contribution in [0.3, 0.4) is 0 Å². The zero-order valence-electron chi connectivity index (χ0n) is 14.5. The number of hydrogen-bond donors (Lipinski definition) is 2. The van der Waals surface area contributed by atoms with Crippen LogP contribution in [0.2, 0.25) is 0 Å². The Bertz CT molecular complexity index is 794. The van der Waals surface area contributed by atoms with E-state index in [0.717, 1.165) is 5.56 Å². The van der Waals surface area contributed by atoms with Gasteiger partial charge in [0.1, 0.15) is 0 Å². The molecule has 1 atom stereocenters. The van der Waals surface area contributed by atoms with Gasteiger partial charge in [-0.1, -0.05) is 18.2 Å². The second-order valence-electron chi connectivity index (χ2n) is 6.00. The molecule has 1 unspecified atom stereocenters. The fourth-order valence-corrected chi connectivity index (χ4v) is 2.78. The molecule has 2 aromatic rings. The number of carbonyl (C=O) groups excluding carboxylic acids is 2. The summed E-state index contributed by atoms with van der Waals surface area (Å²) in [7, 11) is 1.57. The van der Waals surface area contributed by atoms with Crippen molar-refractivity contribution in [3.8, 4) is 17.4 Å². The molecule has 3 rings (SSSR count). The summed E-state index contributed by atoms with van der Waals surface area (Å²) >= 11 is 0. The number of methoxy groups -OCH3 is 1. The summed E-state index contributed by atoms with van der Waals surface area (Å²) in [4.78, 5) is 27.6. The van der Waals surface area contributed by atoms with E-state index < -0.39 is 0 Å². The lowest BCUT2D eigenvalue weighted by Gasteiger charge is -2.14. The molecular formula is C19H21N3O4. The zero-order valence-corrected chi connectivity index (χ0v) is 14.5. The first-order valence-corrected chi connectivity index (χ1v) is 8.46. The summed E-state index contributed by atoms with van der Waals surface area (Å²) in [6.45, 7) is 0.290. The number of benzene rings is 1. The predicted octanol–water partition coefficient (Wildman–Crippen LogP) is 2.17. The Kier molecular flexibility index (Phi) is 5.68. The first-order valence-electron chi connectivity index (χ1n) is 8.46. The lowest BCUT2D eigenvalue weighted by atomic mass is 10.1. The number of ether oxygens (including phenoxy) is 2. The molecule has 1 fully saturated rings. The minimum Gasteiger partial charge on any atom is -0.493 e. The molecule has 2 amide bonds. The molecule has 1 aliphatic rings. The van der Waals surface area contributed by atoms with Gasteiger partial charge in [-0.3, -0.25) is 9.59 Å². The highest BCUT2D eigenvalue weighted by atomic mass is 16.5. The average Bonchev–Trinajstić information content (AvgIpc) is 3.06. The Morgan fingerprint density at radius 1 is 1.27 bits per heavy atom. The third-order valence-electron chi connectivity index (χ3n) is 4.12. The summed E-state index contributed by atoms with van der Waals surface area (Å²) in [6, 6.07) is 10.8. The number of carbonyl (C=O) groups is 2. The SMILES string of the molecule is COc1ccccc1Oc1ncccc1CNC(=O)CC1CCC(=O)N1. The summed E-state index contributed by atoms with van der Waals surface area (Å²) in [6.07, 6.45) is 3.08. The number of rotatable bonds is 7. The van der Waals surface area contributed by atoms with Crippen LogP contribution in [0.5, 0.6) is 17.4 Å². The van der Waals surface area contributed by atoms with E-state index in [9.17, 15) is 9.59 Å². The molecule has 0 radical (unpaired) electrons. The van der Waals surface area contributed by atoms with Crippen molar-refractivity contribution in [1.29, 1.82) is 0 Å². The highest BCUT2D eigenvalue weighted by molar-refractivity contribution is 5.81. The number of aromatic nitrogens is 1. The van der Waals surface area contributed by atoms with Crippen molar-refractivity contribution in [2.75, 3.05) is 7.11 Å². The van der Waals surface area contributed by atoms with Crippen LogP contribution >= 0.6 is 0 Å². The van der Waals surface area contributed by atoms with Gasteiger partial charge >= 0.3 is 0 Å². The maximum absolute atomic E-state index is 12.1. The Hall–Kier alpha value is -3.09. The van der Waals surface area contributed by atoms with Gasteiger partial charge < -0.3 is 20.1 Å². The number of hydrogen-bond acceptors (Lipinski definition) is 5. The molecule has 1 aromatic heterocycles. The summed E-state index contributed by atoms with van der Waals surface area (Å²) < 4.78 is 11.1. The van der Waals surface area contributed by atoms with E-state index in [1.54, 1.807) is 31.5 Å². The molecule has 1 aromatic carbocycles. The largest absolute Gasteiger partial charge is 0.493 e. The molecule has 2 heterocycles. The number of para-hydroxylation sites is 2. The summed E-state index contributed by atoms with van der Waals surface area (Å²) in [5.41, 5.74) is 0.752. The minimum atomic E-state index is -0.121. The maximum atomic E-state index is 12.1. The highest BCUT2D eigenvalue weighted by Crippen LogP contribution is 2.31. The van der Waals surface area contributed by atoms with Crippen LogP contribution in [0.15, 0.2) is 42.6 Å². The smallest absolute Gasteiger partial charge is 0.224 e. The van der Waals surface area contributed by atoms with Gasteiger partial charge in [0.15, 0.2) is 11.5 Å². The maximum Gasteiger partial charge on any atom is 0.224 e. The quantitative estimate of drug-likeness (QED) is 0.794. The molecule has 7 heteroatoms. The molecule has 0 saturated carbocycles. The lowest BCUT2D eigenvalue weighted by Crippen LogP contribution is -2.33. The molecule has 26 heavy (non-hydrogen) atoms. The Labute approximate surface area is 151 Å². The van der Waals surface area contributed by atoms with Crippen LogP contribution in [0, 0.1) is 0 Å². The van der Waals surface area contributed by atoms with Crippen LogP contribution in [-0.2, 0) is 16.1 Å². The molecule has 0 aliphatic carbocycles. The zero-order chi connectivity index (χ0) is 18.4. The van der Waals surface area contributed by atoms with Crippen molar-refractivity contribution >= 4 is 11.8 Å². The number of nitrogens with one attached hydrogen (secondary N) is 2. The minimum absolute atomic E-state index is 0.00236. The number of nitrogens with zero attached hydrogens (tertiary/aromatic N) is 1. The van der Waals surface area contributed by atoms with E-state index in [2.05, 4.69) is 15.6 Å². The summed E-state index contributed by atoms with van der Waals surface area (Å²) in [5, 5.41) is 5.64. The molecule has 2 N–H and O–H groups in total. The monoisotopic (exact) mass is 355 g/mol. The van der Waals surface area contributed by atoms with E-state index in [-0.39, 0.29) is 30.8 Å². The van der Waals surface area contributed by atoms with Crippen molar-refractivity contribution in [2.45, 2.75) is 31.8 Å². The molecule has 1 saturated heterocycles. The van der Waals surface area contributed by atoms with Gasteiger partial charge in [0.2, 0.25) is 17.7 Å².